The van der Waals surface area contributed by atoms with Crippen LogP contribution in [0.25, 0.3) is 0 Å². The lowest BCUT2D eigenvalue weighted by Gasteiger charge is -2.21. The van der Waals surface area contributed by atoms with Crippen molar-refractivity contribution in [2.24, 2.45) is 9.98 Å². The Bertz CT molecular complexity index is 1070. The molecule has 0 fully saturated rings. The van der Waals surface area contributed by atoms with Crippen LogP contribution in [-0.4, -0.2) is 45.6 Å². The van der Waals surface area contributed by atoms with Gasteiger partial charge in [-0.2, -0.15) is 0 Å². The van der Waals surface area contributed by atoms with Crippen molar-refractivity contribution in [2.45, 2.75) is 52.4 Å². The Labute approximate surface area is 198 Å². The first-order chi connectivity index (χ1) is 15.6. The number of phenols is 2. The molecule has 34 heavy (non-hydrogen) atoms. The van der Waals surface area contributed by atoms with E-state index in [1.54, 1.807) is 0 Å². The molecule has 10 heteroatoms. The molecule has 0 spiro atoms. The number of rotatable bonds is 7. The number of benzene rings is 2. The van der Waals surface area contributed by atoms with Gasteiger partial charge in [-0.1, -0.05) is 41.5 Å². The Balaban J connectivity index is 2.22. The molecule has 0 radical (unpaired) electrons. The number of phenolic OH excluding ortho intramolecular Hbond substituents is 2. The minimum absolute atomic E-state index is 0.0680. The van der Waals surface area contributed by atoms with Crippen molar-refractivity contribution < 1.29 is 20.1 Å². The lowest BCUT2D eigenvalue weighted by molar-refractivity contribution is -0.385. The summed E-state index contributed by atoms with van der Waals surface area (Å²) < 4.78 is 0. The van der Waals surface area contributed by atoms with E-state index in [2.05, 4.69) is 9.98 Å². The number of hydrogen-bond donors (Lipinski definition) is 2. The zero-order valence-electron chi connectivity index (χ0n) is 20.2. The Morgan fingerprint density at radius 1 is 0.735 bits per heavy atom. The predicted molar refractivity (Wildman–Crippen MR) is 132 cm³/mol. The molecule has 0 heterocycles. The molecular formula is C24H30N4O6. The summed E-state index contributed by atoms with van der Waals surface area (Å²) in [6.45, 7) is 11.5. The molecule has 2 rings (SSSR count). The van der Waals surface area contributed by atoms with Crippen LogP contribution in [-0.2, 0) is 10.8 Å². The van der Waals surface area contributed by atoms with Crippen LogP contribution in [0.5, 0.6) is 11.5 Å². The Hall–Kier alpha value is -3.82. The Kier molecular flexibility index (Phi) is 7.76. The SMILES string of the molecule is CC(C)(C)c1cc([N+](=O)[O-])cc(C=NCCN=Cc2cc([N+](=O)[O-])cc(C(C)(C)C)c2O)c1O. The predicted octanol–water partition coefficient (Wildman–Crippen LogP) is 5.05. The van der Waals surface area contributed by atoms with Gasteiger partial charge in [0.2, 0.25) is 0 Å². The largest absolute Gasteiger partial charge is 0.507 e. The van der Waals surface area contributed by atoms with Gasteiger partial charge in [-0.3, -0.25) is 30.2 Å². The zero-order chi connectivity index (χ0) is 25.8. The molecule has 0 bridgehead atoms. The highest BCUT2D eigenvalue weighted by atomic mass is 16.6. The first-order valence-electron chi connectivity index (χ1n) is 10.7. The third kappa shape index (κ3) is 6.37. The van der Waals surface area contributed by atoms with Gasteiger partial charge in [0.1, 0.15) is 11.5 Å². The smallest absolute Gasteiger partial charge is 0.270 e. The normalized spacial score (nSPS) is 12.5. The Morgan fingerprint density at radius 3 is 1.32 bits per heavy atom. The minimum atomic E-state index is -0.520. The van der Waals surface area contributed by atoms with Gasteiger partial charge in [0, 0.05) is 58.9 Å². The number of hydrogen-bond acceptors (Lipinski definition) is 8. The maximum absolute atomic E-state index is 11.3. The van der Waals surface area contributed by atoms with E-state index in [9.17, 15) is 30.4 Å². The topological polar surface area (TPSA) is 151 Å². The zero-order valence-corrected chi connectivity index (χ0v) is 20.2. The molecule has 2 aromatic rings. The average Bonchev–Trinajstić information content (AvgIpc) is 2.70. The first kappa shape index (κ1) is 26.4. The standard InChI is InChI=1S/C24H30N4O6/c1-23(2,3)19-11-17(27(31)32)9-15(21(19)29)13-25-7-8-26-14-16-10-18(28(33)34)12-20(22(16)30)24(4,5)6/h9-14,29-30H,7-8H2,1-6H3. The van der Waals surface area contributed by atoms with Crippen LogP contribution < -0.4 is 0 Å². The second-order valence-electron chi connectivity index (χ2n) is 9.95. The lowest BCUT2D eigenvalue weighted by Crippen LogP contribution is -2.13. The summed E-state index contributed by atoms with van der Waals surface area (Å²) in [7, 11) is 0. The third-order valence-electron chi connectivity index (χ3n) is 5.10. The molecule has 2 aromatic carbocycles. The molecule has 0 saturated carbocycles. The molecular weight excluding hydrogens is 440 g/mol. The van der Waals surface area contributed by atoms with Gasteiger partial charge in [-0.05, 0) is 10.8 Å². The van der Waals surface area contributed by atoms with Crippen molar-refractivity contribution in [2.75, 3.05) is 13.1 Å². The second kappa shape index (κ2) is 9.98. The summed E-state index contributed by atoms with van der Waals surface area (Å²) in [6.07, 6.45) is 2.71. The summed E-state index contributed by atoms with van der Waals surface area (Å²) in [5.41, 5.74) is 0.0538. The van der Waals surface area contributed by atoms with Gasteiger partial charge < -0.3 is 10.2 Å². The molecule has 0 aliphatic heterocycles. The van der Waals surface area contributed by atoms with E-state index in [1.807, 2.05) is 41.5 Å². The maximum atomic E-state index is 11.3. The number of aromatic hydroxyl groups is 2. The highest BCUT2D eigenvalue weighted by Gasteiger charge is 2.25. The third-order valence-corrected chi connectivity index (χ3v) is 5.10. The van der Waals surface area contributed by atoms with Crippen LogP contribution in [0.15, 0.2) is 34.3 Å². The van der Waals surface area contributed by atoms with Crippen molar-refractivity contribution in [3.8, 4) is 11.5 Å². The van der Waals surface area contributed by atoms with E-state index in [0.717, 1.165) is 0 Å². The fourth-order valence-corrected chi connectivity index (χ4v) is 3.27. The van der Waals surface area contributed by atoms with Crippen molar-refractivity contribution in [1.29, 1.82) is 0 Å². The highest BCUT2D eigenvalue weighted by Crippen LogP contribution is 2.37. The minimum Gasteiger partial charge on any atom is -0.507 e. The molecule has 0 unspecified atom stereocenters. The molecule has 0 amide bonds. The quantitative estimate of drug-likeness (QED) is 0.250. The summed E-state index contributed by atoms with van der Waals surface area (Å²) in [5.74, 6) is -0.136. The fourth-order valence-electron chi connectivity index (χ4n) is 3.27. The molecule has 0 atom stereocenters. The van der Waals surface area contributed by atoms with Gasteiger partial charge >= 0.3 is 0 Å². The summed E-state index contributed by atoms with van der Waals surface area (Å²) in [4.78, 5) is 29.9. The first-order valence-corrected chi connectivity index (χ1v) is 10.7. The number of aliphatic imine (C=N–C) groups is 2. The number of non-ortho nitro benzene ring substituents is 2. The van der Waals surface area contributed by atoms with E-state index < -0.39 is 20.7 Å². The lowest BCUT2D eigenvalue weighted by atomic mass is 9.85. The van der Waals surface area contributed by atoms with Crippen LogP contribution in [0.2, 0.25) is 0 Å². The van der Waals surface area contributed by atoms with Crippen molar-refractivity contribution in [1.82, 2.24) is 0 Å². The van der Waals surface area contributed by atoms with Crippen LogP contribution in [0.1, 0.15) is 63.8 Å². The van der Waals surface area contributed by atoms with Gasteiger partial charge in [0.25, 0.3) is 11.4 Å². The number of nitro benzene ring substituents is 2. The number of nitrogens with zero attached hydrogens (tertiary/aromatic N) is 4. The van der Waals surface area contributed by atoms with Crippen LogP contribution in [0, 0.1) is 20.2 Å². The van der Waals surface area contributed by atoms with Gasteiger partial charge in [0.05, 0.1) is 22.9 Å². The van der Waals surface area contributed by atoms with Crippen molar-refractivity contribution in [3.63, 3.8) is 0 Å². The summed E-state index contributed by atoms with van der Waals surface area (Å²) >= 11 is 0. The average molecular weight is 471 g/mol. The van der Waals surface area contributed by atoms with E-state index in [0.29, 0.717) is 11.1 Å². The monoisotopic (exact) mass is 470 g/mol. The van der Waals surface area contributed by atoms with E-state index >= 15 is 0 Å². The highest BCUT2D eigenvalue weighted by molar-refractivity contribution is 5.86. The van der Waals surface area contributed by atoms with E-state index in [4.69, 9.17) is 0 Å². The molecule has 182 valence electrons. The van der Waals surface area contributed by atoms with Crippen LogP contribution in [0.3, 0.4) is 0 Å². The molecule has 0 saturated heterocycles. The molecule has 10 nitrogen and oxygen atoms in total. The molecule has 0 aromatic heterocycles. The van der Waals surface area contributed by atoms with Crippen molar-refractivity contribution >= 4 is 23.8 Å². The molecule has 0 aliphatic rings. The maximum Gasteiger partial charge on any atom is 0.270 e. The van der Waals surface area contributed by atoms with Gasteiger partial charge in [-0.15, -0.1) is 0 Å². The molecule has 0 aliphatic carbocycles. The van der Waals surface area contributed by atoms with Crippen molar-refractivity contribution in [3.05, 3.63) is 66.7 Å². The van der Waals surface area contributed by atoms with Gasteiger partial charge in [-0.25, -0.2) is 0 Å². The number of nitro groups is 2. The van der Waals surface area contributed by atoms with Gasteiger partial charge in [0.15, 0.2) is 0 Å². The van der Waals surface area contributed by atoms with E-state index in [-0.39, 0.29) is 47.1 Å². The Morgan fingerprint density at radius 2 is 1.06 bits per heavy atom. The molecule has 2 N–H and O–H groups in total. The summed E-state index contributed by atoms with van der Waals surface area (Å²) in [5, 5.41) is 43.6. The summed E-state index contributed by atoms with van der Waals surface area (Å²) in [6, 6.07) is 5.22. The van der Waals surface area contributed by atoms with Crippen LogP contribution in [0.4, 0.5) is 11.4 Å². The fraction of sp³-hybridized carbons (Fsp3) is 0.417. The van der Waals surface area contributed by atoms with Crippen LogP contribution >= 0.6 is 0 Å². The second-order valence-corrected chi connectivity index (χ2v) is 9.95. The van der Waals surface area contributed by atoms with E-state index in [1.165, 1.54) is 36.7 Å².